The molecule has 2 fully saturated rings. The minimum Gasteiger partial charge on any atom is -0.416 e. The van der Waals surface area contributed by atoms with Crippen LogP contribution in [0.15, 0.2) is 52.9 Å². The molecule has 0 unspecified atom stereocenters. The fourth-order valence-corrected chi connectivity index (χ4v) is 4.32. The highest BCUT2D eigenvalue weighted by Gasteiger charge is 2.48. The number of aromatic nitrogens is 2. The smallest absolute Gasteiger partial charge is 0.322 e. The summed E-state index contributed by atoms with van der Waals surface area (Å²) < 4.78 is 5.79. The molecule has 9 heteroatoms. The molecule has 1 saturated carbocycles. The molecule has 0 atom stereocenters. The largest absolute Gasteiger partial charge is 0.416 e. The third-order valence-electron chi connectivity index (χ3n) is 6.31. The zero-order chi connectivity index (χ0) is 23.0. The molecule has 1 spiro atoms. The van der Waals surface area contributed by atoms with Gasteiger partial charge in [-0.2, -0.15) is 0 Å². The van der Waals surface area contributed by atoms with Crippen LogP contribution in [-0.4, -0.2) is 39.6 Å². The van der Waals surface area contributed by atoms with Gasteiger partial charge in [0.25, 0.3) is 11.8 Å². The van der Waals surface area contributed by atoms with Gasteiger partial charge in [-0.05, 0) is 69.0 Å². The van der Waals surface area contributed by atoms with E-state index in [1.165, 1.54) is 0 Å². The number of nitrogens with one attached hydrogen (secondary N) is 3. The number of amides is 4. The van der Waals surface area contributed by atoms with E-state index < -0.39 is 11.6 Å². The Bertz CT molecular complexity index is 1210. The van der Waals surface area contributed by atoms with Crippen LogP contribution in [0.3, 0.4) is 0 Å². The van der Waals surface area contributed by atoms with Gasteiger partial charge in [0.05, 0.1) is 0 Å². The molecule has 2 heterocycles. The quantitative estimate of drug-likeness (QED) is 0.530. The highest BCUT2D eigenvalue weighted by Crippen LogP contribution is 2.31. The number of imide groups is 1. The van der Waals surface area contributed by atoms with E-state index in [-0.39, 0.29) is 17.9 Å². The maximum atomic E-state index is 12.7. The SMILES string of the molecule is Cc1ccc(-c2nnc(-c3ccc(C(=O)NC4CCC5(CC4)NC(=O)NC5=O)cc3)o2)cc1. The Morgan fingerprint density at radius 2 is 1.55 bits per heavy atom. The van der Waals surface area contributed by atoms with Gasteiger partial charge in [0, 0.05) is 22.7 Å². The second-order valence-corrected chi connectivity index (χ2v) is 8.59. The average molecular weight is 445 g/mol. The number of urea groups is 1. The molecule has 1 aliphatic heterocycles. The van der Waals surface area contributed by atoms with Crippen molar-refractivity contribution in [3.63, 3.8) is 0 Å². The Hall–Kier alpha value is -4.01. The highest BCUT2D eigenvalue weighted by atomic mass is 16.4. The summed E-state index contributed by atoms with van der Waals surface area (Å²) in [7, 11) is 0. The Balaban J connectivity index is 1.20. The molecule has 33 heavy (non-hydrogen) atoms. The maximum Gasteiger partial charge on any atom is 0.322 e. The van der Waals surface area contributed by atoms with Crippen molar-refractivity contribution in [3.8, 4) is 22.9 Å². The monoisotopic (exact) mass is 445 g/mol. The van der Waals surface area contributed by atoms with E-state index in [9.17, 15) is 14.4 Å². The molecule has 1 aliphatic carbocycles. The van der Waals surface area contributed by atoms with Gasteiger partial charge in [0.15, 0.2) is 0 Å². The average Bonchev–Trinajstić information content (AvgIpc) is 3.41. The summed E-state index contributed by atoms with van der Waals surface area (Å²) >= 11 is 0. The topological polar surface area (TPSA) is 126 Å². The van der Waals surface area contributed by atoms with Crippen molar-refractivity contribution in [2.75, 3.05) is 0 Å². The molecule has 1 aromatic heterocycles. The minimum absolute atomic E-state index is 0.0545. The van der Waals surface area contributed by atoms with Crippen molar-refractivity contribution in [2.24, 2.45) is 0 Å². The number of nitrogens with zero attached hydrogens (tertiary/aromatic N) is 2. The van der Waals surface area contributed by atoms with Gasteiger partial charge in [-0.1, -0.05) is 17.7 Å². The lowest BCUT2D eigenvalue weighted by Crippen LogP contribution is -2.52. The summed E-state index contributed by atoms with van der Waals surface area (Å²) in [4.78, 5) is 36.2. The number of carbonyl (C=O) groups excluding carboxylic acids is 3. The standard InChI is InChI=1S/C24H23N5O4/c1-14-2-4-16(5-3-14)20-28-29-21(33-20)17-8-6-15(7-9-17)19(30)25-18-10-12-24(13-11-18)22(31)26-23(32)27-24/h2-9,18H,10-13H2,1H3,(H,25,30)(H2,26,27,31,32). The zero-order valence-electron chi connectivity index (χ0n) is 18.1. The fraction of sp³-hybridized carbons (Fsp3) is 0.292. The molecule has 9 nitrogen and oxygen atoms in total. The van der Waals surface area contributed by atoms with Gasteiger partial charge in [-0.15, -0.1) is 10.2 Å². The number of aryl methyl sites for hydroxylation is 1. The zero-order valence-corrected chi connectivity index (χ0v) is 18.1. The first-order chi connectivity index (χ1) is 15.9. The van der Waals surface area contributed by atoms with Crippen LogP contribution in [0.5, 0.6) is 0 Å². The summed E-state index contributed by atoms with van der Waals surface area (Å²) in [5.41, 5.74) is 2.40. The molecular weight excluding hydrogens is 422 g/mol. The van der Waals surface area contributed by atoms with Crippen molar-refractivity contribution in [1.82, 2.24) is 26.1 Å². The van der Waals surface area contributed by atoms with Crippen LogP contribution >= 0.6 is 0 Å². The fourth-order valence-electron chi connectivity index (χ4n) is 4.32. The van der Waals surface area contributed by atoms with E-state index in [1.807, 2.05) is 31.2 Å². The van der Waals surface area contributed by atoms with Crippen molar-refractivity contribution >= 4 is 17.8 Å². The van der Waals surface area contributed by atoms with Crippen LogP contribution in [0.2, 0.25) is 0 Å². The molecule has 3 aromatic rings. The molecule has 4 amide bonds. The lowest BCUT2D eigenvalue weighted by molar-refractivity contribution is -0.125. The molecule has 168 valence electrons. The molecule has 2 aliphatic rings. The first-order valence-electron chi connectivity index (χ1n) is 10.9. The van der Waals surface area contributed by atoms with Gasteiger partial charge in [0.1, 0.15) is 5.54 Å². The van der Waals surface area contributed by atoms with Gasteiger partial charge >= 0.3 is 6.03 Å². The lowest BCUT2D eigenvalue weighted by Gasteiger charge is -2.34. The van der Waals surface area contributed by atoms with Crippen LogP contribution in [0.1, 0.15) is 41.6 Å². The first-order valence-corrected chi connectivity index (χ1v) is 10.9. The number of rotatable bonds is 4. The predicted molar refractivity (Wildman–Crippen MR) is 119 cm³/mol. The Morgan fingerprint density at radius 3 is 2.09 bits per heavy atom. The predicted octanol–water partition coefficient (Wildman–Crippen LogP) is 2.96. The Morgan fingerprint density at radius 1 is 0.970 bits per heavy atom. The van der Waals surface area contributed by atoms with E-state index >= 15 is 0 Å². The number of hydrogen-bond donors (Lipinski definition) is 3. The summed E-state index contributed by atoms with van der Waals surface area (Å²) in [5.74, 6) is 0.355. The van der Waals surface area contributed by atoms with Gasteiger partial charge in [-0.25, -0.2) is 4.79 Å². The van der Waals surface area contributed by atoms with Crippen molar-refractivity contribution in [2.45, 2.75) is 44.2 Å². The maximum absolute atomic E-state index is 12.7. The van der Waals surface area contributed by atoms with E-state index in [0.717, 1.165) is 16.7 Å². The van der Waals surface area contributed by atoms with E-state index in [1.54, 1.807) is 24.3 Å². The molecule has 0 bridgehead atoms. The third kappa shape index (κ3) is 4.09. The van der Waals surface area contributed by atoms with Gasteiger partial charge < -0.3 is 15.1 Å². The number of carbonyl (C=O) groups is 3. The van der Waals surface area contributed by atoms with Crippen LogP contribution in [0, 0.1) is 6.92 Å². The Labute approximate surface area is 190 Å². The molecule has 3 N–H and O–H groups in total. The van der Waals surface area contributed by atoms with Crippen molar-refractivity contribution < 1.29 is 18.8 Å². The van der Waals surface area contributed by atoms with Crippen LogP contribution in [-0.2, 0) is 4.79 Å². The van der Waals surface area contributed by atoms with Gasteiger partial charge in [0.2, 0.25) is 11.8 Å². The normalized spacial score (nSPS) is 22.2. The number of hydrogen-bond acceptors (Lipinski definition) is 6. The molecule has 0 radical (unpaired) electrons. The van der Waals surface area contributed by atoms with Crippen LogP contribution in [0.4, 0.5) is 4.79 Å². The van der Waals surface area contributed by atoms with Crippen molar-refractivity contribution in [1.29, 1.82) is 0 Å². The van der Waals surface area contributed by atoms with E-state index in [4.69, 9.17) is 4.42 Å². The Kier molecular flexibility index (Phi) is 5.16. The lowest BCUT2D eigenvalue weighted by atomic mass is 9.79. The first kappa shape index (κ1) is 20.9. The highest BCUT2D eigenvalue weighted by molar-refractivity contribution is 6.07. The number of benzene rings is 2. The summed E-state index contributed by atoms with van der Waals surface area (Å²) in [6.45, 7) is 2.01. The van der Waals surface area contributed by atoms with Crippen molar-refractivity contribution in [3.05, 3.63) is 59.7 Å². The van der Waals surface area contributed by atoms with Gasteiger partial charge in [-0.3, -0.25) is 14.9 Å². The minimum atomic E-state index is -0.832. The van der Waals surface area contributed by atoms with Crippen LogP contribution in [0.25, 0.3) is 22.9 Å². The third-order valence-corrected chi connectivity index (χ3v) is 6.31. The summed E-state index contributed by atoms with van der Waals surface area (Å²) in [5, 5.41) is 16.3. The molecule has 1 saturated heterocycles. The van der Waals surface area contributed by atoms with Crippen LogP contribution < -0.4 is 16.0 Å². The molecular formula is C24H23N5O4. The summed E-state index contributed by atoms with van der Waals surface area (Å²) in [6, 6.07) is 14.3. The molecule has 2 aromatic carbocycles. The van der Waals surface area contributed by atoms with E-state index in [0.29, 0.717) is 43.0 Å². The van der Waals surface area contributed by atoms with E-state index in [2.05, 4.69) is 26.1 Å². The molecule has 5 rings (SSSR count). The summed E-state index contributed by atoms with van der Waals surface area (Å²) in [6.07, 6.45) is 2.21. The second-order valence-electron chi connectivity index (χ2n) is 8.59. The second kappa shape index (κ2) is 8.16.